The molecule has 1 aromatic carbocycles. The van der Waals surface area contributed by atoms with Crippen molar-refractivity contribution >= 4 is 11.9 Å². The quantitative estimate of drug-likeness (QED) is 0.630. The molecular formula is C26H30N2O5. The molecule has 0 bridgehead atoms. The summed E-state index contributed by atoms with van der Waals surface area (Å²) in [6.07, 6.45) is 3.54. The molecule has 5 atom stereocenters. The first-order valence-electron chi connectivity index (χ1n) is 11.9. The summed E-state index contributed by atoms with van der Waals surface area (Å²) in [5.74, 6) is 0.620. The van der Waals surface area contributed by atoms with Crippen LogP contribution in [0.15, 0.2) is 41.3 Å². The molecule has 2 fully saturated rings. The fourth-order valence-corrected chi connectivity index (χ4v) is 5.87. The highest BCUT2D eigenvalue weighted by Gasteiger charge is 2.58. The molecule has 7 nitrogen and oxygen atoms in total. The van der Waals surface area contributed by atoms with Gasteiger partial charge in [-0.2, -0.15) is 0 Å². The Morgan fingerprint density at radius 1 is 1.12 bits per heavy atom. The van der Waals surface area contributed by atoms with Crippen LogP contribution >= 0.6 is 0 Å². The topological polar surface area (TPSA) is 77.8 Å². The second kappa shape index (κ2) is 8.36. The number of pyridine rings is 1. The lowest BCUT2D eigenvalue weighted by molar-refractivity contribution is 0.0105. The van der Waals surface area contributed by atoms with Crippen molar-refractivity contribution in [3.05, 3.63) is 63.6 Å². The van der Waals surface area contributed by atoms with Crippen molar-refractivity contribution in [2.45, 2.75) is 58.8 Å². The van der Waals surface area contributed by atoms with E-state index in [1.165, 1.54) is 6.20 Å². The zero-order valence-corrected chi connectivity index (χ0v) is 19.3. The third kappa shape index (κ3) is 3.54. The Labute approximate surface area is 193 Å². The molecule has 1 saturated heterocycles. The molecule has 0 radical (unpaired) electrons. The van der Waals surface area contributed by atoms with Gasteiger partial charge in [-0.25, -0.2) is 4.79 Å². The number of piperidine rings is 1. The average molecular weight is 451 g/mol. The van der Waals surface area contributed by atoms with Gasteiger partial charge in [0.15, 0.2) is 11.4 Å². The number of ether oxygens (including phenoxy) is 2. The van der Waals surface area contributed by atoms with Crippen molar-refractivity contribution in [3.63, 3.8) is 0 Å². The van der Waals surface area contributed by atoms with Crippen LogP contribution in [0.5, 0.6) is 5.75 Å². The highest BCUT2D eigenvalue weighted by Crippen LogP contribution is 2.56. The number of rotatable bonds is 6. The summed E-state index contributed by atoms with van der Waals surface area (Å²) < 4.78 is 12.9. The molecule has 7 heteroatoms. The summed E-state index contributed by atoms with van der Waals surface area (Å²) in [6.45, 7) is 6.87. The summed E-state index contributed by atoms with van der Waals surface area (Å²) in [5.41, 5.74) is 0.428. The van der Waals surface area contributed by atoms with Gasteiger partial charge in [-0.1, -0.05) is 44.2 Å². The highest BCUT2D eigenvalue weighted by molar-refractivity contribution is 5.98. The highest BCUT2D eigenvalue weighted by atomic mass is 16.5. The van der Waals surface area contributed by atoms with Gasteiger partial charge in [-0.15, -0.1) is 0 Å². The van der Waals surface area contributed by atoms with E-state index in [2.05, 4.69) is 13.8 Å². The van der Waals surface area contributed by atoms with Crippen LogP contribution in [0.1, 0.15) is 60.0 Å². The second-order valence-electron chi connectivity index (χ2n) is 9.37. The van der Waals surface area contributed by atoms with Gasteiger partial charge in [-0.3, -0.25) is 9.59 Å². The first-order chi connectivity index (χ1) is 16.0. The predicted molar refractivity (Wildman–Crippen MR) is 122 cm³/mol. The second-order valence-corrected chi connectivity index (χ2v) is 9.37. The SMILES string of the molecule is CCOC(=O)c1cn2c(c(OCc3ccccc3)c1=O)C(=O)N1C(C2)C(C)C2CC2C1CC. The summed E-state index contributed by atoms with van der Waals surface area (Å²) in [5, 5.41) is 0. The predicted octanol–water partition coefficient (Wildman–Crippen LogP) is 3.49. The molecule has 0 spiro atoms. The van der Waals surface area contributed by atoms with Gasteiger partial charge in [0.25, 0.3) is 5.91 Å². The minimum atomic E-state index is -0.692. The van der Waals surface area contributed by atoms with Crippen molar-refractivity contribution in [1.29, 1.82) is 0 Å². The lowest BCUT2D eigenvalue weighted by Crippen LogP contribution is -2.59. The van der Waals surface area contributed by atoms with Gasteiger partial charge in [0.05, 0.1) is 12.6 Å². The summed E-state index contributed by atoms with van der Waals surface area (Å²) in [7, 11) is 0. The number of nitrogens with zero attached hydrogens (tertiary/aromatic N) is 2. The van der Waals surface area contributed by atoms with Crippen LogP contribution < -0.4 is 10.2 Å². The van der Waals surface area contributed by atoms with E-state index in [1.807, 2.05) is 35.2 Å². The van der Waals surface area contributed by atoms with Crippen molar-refractivity contribution < 1.29 is 19.1 Å². The fraction of sp³-hybridized carbons (Fsp3) is 0.500. The Bertz CT molecular complexity index is 1140. The Morgan fingerprint density at radius 2 is 1.88 bits per heavy atom. The number of amides is 1. The van der Waals surface area contributed by atoms with E-state index >= 15 is 0 Å². The third-order valence-electron chi connectivity index (χ3n) is 7.58. The van der Waals surface area contributed by atoms with Crippen LogP contribution in [0.3, 0.4) is 0 Å². The molecule has 2 aliphatic heterocycles. The molecule has 3 aliphatic rings. The maximum Gasteiger partial charge on any atom is 0.343 e. The molecule has 3 heterocycles. The Kier molecular flexibility index (Phi) is 5.51. The van der Waals surface area contributed by atoms with Crippen molar-refractivity contribution in [1.82, 2.24) is 9.47 Å². The van der Waals surface area contributed by atoms with Crippen molar-refractivity contribution in [2.24, 2.45) is 17.8 Å². The van der Waals surface area contributed by atoms with Crippen LogP contribution in [0.2, 0.25) is 0 Å². The fourth-order valence-electron chi connectivity index (χ4n) is 5.87. The van der Waals surface area contributed by atoms with Crippen LogP contribution in [0, 0.1) is 17.8 Å². The van der Waals surface area contributed by atoms with Gasteiger partial charge < -0.3 is 18.9 Å². The standard InChI is InChI=1S/C26H30N2O5/c1-4-20-18-11-17(18)15(3)21-13-27-12-19(26(31)32-5-2)23(29)24(22(27)25(30)28(20)21)33-14-16-9-7-6-8-10-16/h6-10,12,15,17-18,20-21H,4-5,11,13-14H2,1-3H3. The lowest BCUT2D eigenvalue weighted by atomic mass is 9.83. The number of hydrogen-bond acceptors (Lipinski definition) is 5. The first kappa shape index (κ1) is 21.7. The number of fused-ring (bicyclic) bond motifs is 3. The van der Waals surface area contributed by atoms with Crippen LogP contribution in [-0.2, 0) is 17.9 Å². The van der Waals surface area contributed by atoms with Gasteiger partial charge in [-0.05, 0) is 43.1 Å². The van der Waals surface area contributed by atoms with E-state index in [-0.39, 0.29) is 48.2 Å². The molecular weight excluding hydrogens is 420 g/mol. The van der Waals surface area contributed by atoms with Crippen molar-refractivity contribution in [2.75, 3.05) is 6.61 Å². The number of hydrogen-bond donors (Lipinski definition) is 0. The smallest absolute Gasteiger partial charge is 0.343 e. The van der Waals surface area contributed by atoms with Gasteiger partial charge >= 0.3 is 5.97 Å². The number of aromatic nitrogens is 1. The summed E-state index contributed by atoms with van der Waals surface area (Å²) >= 11 is 0. The monoisotopic (exact) mass is 450 g/mol. The molecule has 1 amide bonds. The Morgan fingerprint density at radius 3 is 2.58 bits per heavy atom. The number of carbonyl (C=O) groups excluding carboxylic acids is 2. The molecule has 1 aromatic heterocycles. The number of esters is 1. The van der Waals surface area contributed by atoms with E-state index < -0.39 is 11.4 Å². The van der Waals surface area contributed by atoms with Gasteiger partial charge in [0.1, 0.15) is 12.2 Å². The van der Waals surface area contributed by atoms with Gasteiger partial charge in [0.2, 0.25) is 5.43 Å². The maximum atomic E-state index is 13.9. The minimum absolute atomic E-state index is 0.0400. The van der Waals surface area contributed by atoms with E-state index in [9.17, 15) is 14.4 Å². The molecule has 1 saturated carbocycles. The van der Waals surface area contributed by atoms with Crippen molar-refractivity contribution in [3.8, 4) is 5.75 Å². The summed E-state index contributed by atoms with van der Waals surface area (Å²) in [4.78, 5) is 41.8. The zero-order chi connectivity index (χ0) is 23.3. The van der Waals surface area contributed by atoms with E-state index in [0.29, 0.717) is 24.3 Å². The van der Waals surface area contributed by atoms with E-state index in [1.54, 1.807) is 11.5 Å². The minimum Gasteiger partial charge on any atom is -0.483 e. The Balaban J connectivity index is 1.60. The maximum absolute atomic E-state index is 13.9. The van der Waals surface area contributed by atoms with Crippen LogP contribution in [-0.4, -0.2) is 40.0 Å². The number of benzene rings is 1. The van der Waals surface area contributed by atoms with Crippen LogP contribution in [0.4, 0.5) is 0 Å². The molecule has 33 heavy (non-hydrogen) atoms. The van der Waals surface area contributed by atoms with Gasteiger partial charge in [0, 0.05) is 18.8 Å². The third-order valence-corrected chi connectivity index (χ3v) is 7.58. The molecule has 174 valence electrons. The Hall–Kier alpha value is -3.09. The molecule has 1 aliphatic carbocycles. The summed E-state index contributed by atoms with van der Waals surface area (Å²) in [6, 6.07) is 9.68. The zero-order valence-electron chi connectivity index (χ0n) is 19.3. The molecule has 0 N–H and O–H groups in total. The molecule has 5 unspecified atom stereocenters. The van der Waals surface area contributed by atoms with E-state index in [4.69, 9.17) is 9.47 Å². The average Bonchev–Trinajstić information content (AvgIpc) is 3.61. The largest absolute Gasteiger partial charge is 0.483 e. The number of carbonyl (C=O) groups is 2. The normalized spacial score (nSPS) is 27.3. The molecule has 5 rings (SSSR count). The van der Waals surface area contributed by atoms with E-state index in [0.717, 1.165) is 18.4 Å². The lowest BCUT2D eigenvalue weighted by Gasteiger charge is -2.48. The van der Waals surface area contributed by atoms with Crippen LogP contribution in [0.25, 0.3) is 0 Å². The first-order valence-corrected chi connectivity index (χ1v) is 11.9. The molecule has 2 aromatic rings.